The van der Waals surface area contributed by atoms with E-state index >= 15 is 0 Å². The molecule has 0 saturated carbocycles. The summed E-state index contributed by atoms with van der Waals surface area (Å²) in [5.41, 5.74) is 3.22. The lowest BCUT2D eigenvalue weighted by atomic mass is 9.95. The molecule has 0 unspecified atom stereocenters. The normalized spacial score (nSPS) is 18.2. The molecule has 4 rings (SSSR count). The van der Waals surface area contributed by atoms with Crippen LogP contribution in [0.3, 0.4) is 0 Å². The molecule has 6 heteroatoms. The van der Waals surface area contributed by atoms with Crippen molar-refractivity contribution in [3.8, 4) is 11.1 Å². The Labute approximate surface area is 194 Å². The zero-order valence-corrected chi connectivity index (χ0v) is 19.2. The number of piperidine rings is 1. The second kappa shape index (κ2) is 10.1. The van der Waals surface area contributed by atoms with Gasteiger partial charge in [0, 0.05) is 30.8 Å². The minimum absolute atomic E-state index is 0.0288. The summed E-state index contributed by atoms with van der Waals surface area (Å²) in [6, 6.07) is 19.1. The Morgan fingerprint density at radius 2 is 1.82 bits per heavy atom. The van der Waals surface area contributed by atoms with Crippen molar-refractivity contribution >= 4 is 22.6 Å². The van der Waals surface area contributed by atoms with Crippen molar-refractivity contribution in [3.05, 3.63) is 71.8 Å². The lowest BCUT2D eigenvalue weighted by Crippen LogP contribution is -2.52. The van der Waals surface area contributed by atoms with Crippen molar-refractivity contribution in [3.63, 3.8) is 0 Å². The number of benzene rings is 3. The summed E-state index contributed by atoms with van der Waals surface area (Å²) in [4.78, 5) is 27.4. The van der Waals surface area contributed by atoms with E-state index in [9.17, 15) is 14.7 Å². The number of carbonyl (C=O) groups is 2. The van der Waals surface area contributed by atoms with Crippen LogP contribution in [0.2, 0.25) is 0 Å². The number of hydrogen-bond acceptors (Lipinski definition) is 4. The van der Waals surface area contributed by atoms with E-state index in [0.717, 1.165) is 28.4 Å². The van der Waals surface area contributed by atoms with Gasteiger partial charge in [-0.2, -0.15) is 0 Å². The van der Waals surface area contributed by atoms with Gasteiger partial charge in [-0.05, 0) is 73.0 Å². The molecule has 1 saturated heterocycles. The van der Waals surface area contributed by atoms with Gasteiger partial charge in [0.05, 0.1) is 12.1 Å². The minimum Gasteiger partial charge on any atom is -0.390 e. The number of aliphatic hydroxyl groups is 1. The number of carbonyl (C=O) groups excluding carboxylic acids is 2. The summed E-state index contributed by atoms with van der Waals surface area (Å²) in [7, 11) is 0. The lowest BCUT2D eigenvalue weighted by molar-refractivity contribution is 0.0763. The highest BCUT2D eigenvalue weighted by Gasteiger charge is 2.24. The Kier molecular flexibility index (Phi) is 7.06. The number of fused-ring (bicyclic) bond motifs is 1. The Morgan fingerprint density at radius 1 is 1.03 bits per heavy atom. The first-order chi connectivity index (χ1) is 16.0. The van der Waals surface area contributed by atoms with E-state index in [1.807, 2.05) is 79.4 Å². The molecule has 0 spiro atoms. The molecule has 3 aromatic carbocycles. The fraction of sp³-hybridized carbons (Fsp3) is 0.333. The topological polar surface area (TPSA) is 81.7 Å². The molecule has 0 aromatic heterocycles. The van der Waals surface area contributed by atoms with Crippen molar-refractivity contribution in [2.75, 3.05) is 26.2 Å². The maximum Gasteiger partial charge on any atom is 0.253 e. The van der Waals surface area contributed by atoms with Crippen LogP contribution in [0.4, 0.5) is 0 Å². The SMILES string of the molecule is CCN(CC)C(=O)c1cccc(-c2cccc3cc(C(=O)N[C@@H]4CCNC[C@H]4O)ccc23)c1. The van der Waals surface area contributed by atoms with Crippen molar-refractivity contribution in [2.24, 2.45) is 0 Å². The average Bonchev–Trinajstić information content (AvgIpc) is 2.85. The molecule has 1 aliphatic rings. The first-order valence-corrected chi connectivity index (χ1v) is 11.6. The Bertz CT molecular complexity index is 1160. The number of β-amino-alcohol motifs (C(OH)–C–C–N with tert-alkyl or cyclic N) is 1. The summed E-state index contributed by atoms with van der Waals surface area (Å²) < 4.78 is 0. The molecule has 3 aromatic rings. The van der Waals surface area contributed by atoms with Crippen molar-refractivity contribution < 1.29 is 14.7 Å². The fourth-order valence-electron chi connectivity index (χ4n) is 4.45. The van der Waals surface area contributed by atoms with E-state index in [1.165, 1.54) is 0 Å². The zero-order chi connectivity index (χ0) is 23.4. The van der Waals surface area contributed by atoms with Crippen LogP contribution in [0, 0.1) is 0 Å². The maximum absolute atomic E-state index is 12.8. The molecular formula is C27H31N3O3. The summed E-state index contributed by atoms with van der Waals surface area (Å²) in [6.45, 7) is 6.58. The van der Waals surface area contributed by atoms with E-state index in [2.05, 4.69) is 10.6 Å². The summed E-state index contributed by atoms with van der Waals surface area (Å²) >= 11 is 0. The molecule has 33 heavy (non-hydrogen) atoms. The van der Waals surface area contributed by atoms with Crippen LogP contribution in [-0.4, -0.2) is 60.1 Å². The number of nitrogens with one attached hydrogen (secondary N) is 2. The number of amides is 2. The van der Waals surface area contributed by atoms with Gasteiger partial charge in [-0.15, -0.1) is 0 Å². The molecule has 2 atom stereocenters. The zero-order valence-electron chi connectivity index (χ0n) is 19.2. The number of nitrogens with zero attached hydrogens (tertiary/aromatic N) is 1. The number of aliphatic hydroxyl groups excluding tert-OH is 1. The standard InChI is InChI=1S/C27H31N3O3/c1-3-30(4-2)27(33)21-9-5-7-19(16-21)22-10-6-8-18-15-20(11-12-23(18)22)26(32)29-24-13-14-28-17-25(24)31/h5-12,15-16,24-25,28,31H,3-4,13-14,17H2,1-2H3,(H,29,32)/t24-,25-/m1/s1. The highest BCUT2D eigenvalue weighted by molar-refractivity contribution is 6.03. The Morgan fingerprint density at radius 3 is 2.58 bits per heavy atom. The van der Waals surface area contributed by atoms with Gasteiger partial charge < -0.3 is 20.6 Å². The van der Waals surface area contributed by atoms with Crippen LogP contribution in [0.1, 0.15) is 41.0 Å². The van der Waals surface area contributed by atoms with Gasteiger partial charge in [-0.25, -0.2) is 0 Å². The van der Waals surface area contributed by atoms with Gasteiger partial charge in [0.2, 0.25) is 0 Å². The third-order valence-corrected chi connectivity index (χ3v) is 6.38. The van der Waals surface area contributed by atoms with E-state index in [-0.39, 0.29) is 17.9 Å². The van der Waals surface area contributed by atoms with Gasteiger partial charge in [0.15, 0.2) is 0 Å². The first-order valence-electron chi connectivity index (χ1n) is 11.6. The van der Waals surface area contributed by atoms with E-state index in [0.29, 0.717) is 37.2 Å². The van der Waals surface area contributed by atoms with E-state index < -0.39 is 6.10 Å². The second-order valence-electron chi connectivity index (χ2n) is 8.44. The van der Waals surface area contributed by atoms with Crippen LogP contribution in [0.25, 0.3) is 21.9 Å². The molecule has 2 amide bonds. The summed E-state index contributed by atoms with van der Waals surface area (Å²) in [5.74, 6) is -0.152. The van der Waals surface area contributed by atoms with Gasteiger partial charge in [-0.3, -0.25) is 9.59 Å². The van der Waals surface area contributed by atoms with Crippen LogP contribution in [0.15, 0.2) is 60.7 Å². The van der Waals surface area contributed by atoms with Gasteiger partial charge in [-0.1, -0.05) is 36.4 Å². The van der Waals surface area contributed by atoms with Crippen molar-refractivity contribution in [1.29, 1.82) is 0 Å². The van der Waals surface area contributed by atoms with Crippen molar-refractivity contribution in [2.45, 2.75) is 32.4 Å². The monoisotopic (exact) mass is 445 g/mol. The molecule has 0 bridgehead atoms. The second-order valence-corrected chi connectivity index (χ2v) is 8.44. The molecule has 6 nitrogen and oxygen atoms in total. The lowest BCUT2D eigenvalue weighted by Gasteiger charge is -2.29. The maximum atomic E-state index is 12.8. The quantitative estimate of drug-likeness (QED) is 0.543. The van der Waals surface area contributed by atoms with Crippen LogP contribution < -0.4 is 10.6 Å². The number of rotatable bonds is 6. The molecule has 1 heterocycles. The van der Waals surface area contributed by atoms with Gasteiger partial charge in [0.25, 0.3) is 11.8 Å². The average molecular weight is 446 g/mol. The van der Waals surface area contributed by atoms with E-state index in [1.54, 1.807) is 0 Å². The largest absolute Gasteiger partial charge is 0.390 e. The van der Waals surface area contributed by atoms with Crippen LogP contribution in [0.5, 0.6) is 0 Å². The highest BCUT2D eigenvalue weighted by Crippen LogP contribution is 2.30. The molecule has 0 aliphatic carbocycles. The molecular weight excluding hydrogens is 414 g/mol. The van der Waals surface area contributed by atoms with Gasteiger partial charge >= 0.3 is 0 Å². The predicted octanol–water partition coefficient (Wildman–Crippen LogP) is 3.44. The van der Waals surface area contributed by atoms with Crippen LogP contribution in [-0.2, 0) is 0 Å². The predicted molar refractivity (Wildman–Crippen MR) is 131 cm³/mol. The third-order valence-electron chi connectivity index (χ3n) is 6.38. The Hall–Kier alpha value is -3.22. The first kappa shape index (κ1) is 23.0. The smallest absolute Gasteiger partial charge is 0.253 e. The molecule has 172 valence electrons. The Balaban J connectivity index is 1.62. The summed E-state index contributed by atoms with van der Waals surface area (Å²) in [5, 5.41) is 18.2. The van der Waals surface area contributed by atoms with Crippen molar-refractivity contribution in [1.82, 2.24) is 15.5 Å². The number of hydrogen-bond donors (Lipinski definition) is 3. The molecule has 1 aliphatic heterocycles. The highest BCUT2D eigenvalue weighted by atomic mass is 16.3. The summed E-state index contributed by atoms with van der Waals surface area (Å²) in [6.07, 6.45) is 0.119. The van der Waals surface area contributed by atoms with Crippen LogP contribution >= 0.6 is 0 Å². The third kappa shape index (κ3) is 4.92. The molecule has 3 N–H and O–H groups in total. The molecule has 1 fully saturated rings. The molecule has 0 radical (unpaired) electrons. The minimum atomic E-state index is -0.582. The van der Waals surface area contributed by atoms with E-state index in [4.69, 9.17) is 0 Å². The fourth-order valence-corrected chi connectivity index (χ4v) is 4.45. The van der Waals surface area contributed by atoms with Gasteiger partial charge in [0.1, 0.15) is 0 Å².